The summed E-state index contributed by atoms with van der Waals surface area (Å²) in [5.41, 5.74) is 2.52. The number of esters is 1. The quantitative estimate of drug-likeness (QED) is 0.609. The summed E-state index contributed by atoms with van der Waals surface area (Å²) in [6.45, 7) is 0.516. The maximum Gasteiger partial charge on any atom is 0.340 e. The van der Waals surface area contributed by atoms with Crippen molar-refractivity contribution >= 4 is 21.5 Å². The lowest BCUT2D eigenvalue weighted by molar-refractivity contribution is 0.0600. The molecule has 0 saturated carbocycles. The fourth-order valence-electron chi connectivity index (χ4n) is 3.62. The van der Waals surface area contributed by atoms with Crippen molar-refractivity contribution in [3.05, 3.63) is 78.1 Å². The van der Waals surface area contributed by atoms with Crippen molar-refractivity contribution in [3.63, 3.8) is 0 Å². The molecule has 0 unspecified atom stereocenters. The minimum Gasteiger partial charge on any atom is -0.465 e. The average molecular weight is 426 g/mol. The maximum atomic E-state index is 13.0. The van der Waals surface area contributed by atoms with Crippen molar-refractivity contribution in [2.45, 2.75) is 16.8 Å². The summed E-state index contributed by atoms with van der Waals surface area (Å²) in [4.78, 5) is 14.5. The van der Waals surface area contributed by atoms with E-state index in [1.807, 2.05) is 40.1 Å². The first kappa shape index (κ1) is 20.2. The van der Waals surface area contributed by atoms with Crippen LogP contribution in [0.25, 0.3) is 5.69 Å². The number of sulfone groups is 1. The third-order valence-electron chi connectivity index (χ3n) is 5.34. The molecular formula is C22H22N2O5S. The summed E-state index contributed by atoms with van der Waals surface area (Å²) in [6.07, 6.45) is 3.67. The molecule has 1 aliphatic rings. The van der Waals surface area contributed by atoms with Crippen LogP contribution in [0.3, 0.4) is 0 Å². The van der Waals surface area contributed by atoms with E-state index in [0.717, 1.165) is 5.69 Å². The number of methoxy groups -OCH3 is 1. The van der Waals surface area contributed by atoms with Gasteiger partial charge >= 0.3 is 5.97 Å². The predicted molar refractivity (Wildman–Crippen MR) is 113 cm³/mol. The molecule has 1 aromatic heterocycles. The summed E-state index contributed by atoms with van der Waals surface area (Å²) in [6, 6.07) is 15.4. The number of nitrogens with zero attached hydrogens (tertiary/aromatic N) is 2. The summed E-state index contributed by atoms with van der Waals surface area (Å²) in [7, 11) is -2.15. The Bertz CT molecular complexity index is 1150. The van der Waals surface area contributed by atoms with Gasteiger partial charge in [-0.3, -0.25) is 0 Å². The zero-order valence-electron chi connectivity index (χ0n) is 16.4. The Morgan fingerprint density at radius 1 is 1.07 bits per heavy atom. The molecule has 7 nitrogen and oxygen atoms in total. The molecule has 0 spiro atoms. The van der Waals surface area contributed by atoms with Crippen LogP contribution >= 0.6 is 0 Å². The molecule has 30 heavy (non-hydrogen) atoms. The first-order valence-corrected chi connectivity index (χ1v) is 11.0. The summed E-state index contributed by atoms with van der Waals surface area (Å²) in [5.74, 6) is -0.450. The Kier molecular flexibility index (Phi) is 5.36. The third kappa shape index (κ3) is 3.48. The number of aliphatic hydroxyl groups excluding tert-OH is 1. The van der Waals surface area contributed by atoms with Crippen LogP contribution in [0.4, 0.5) is 5.69 Å². The normalized spacial score (nSPS) is 14.4. The van der Waals surface area contributed by atoms with Crippen LogP contribution in [0.5, 0.6) is 0 Å². The fourth-order valence-corrected chi connectivity index (χ4v) is 5.28. The second-order valence-electron chi connectivity index (χ2n) is 7.13. The van der Waals surface area contributed by atoms with Crippen molar-refractivity contribution in [1.29, 1.82) is 0 Å². The number of hydrogen-bond acceptors (Lipinski definition) is 6. The maximum absolute atomic E-state index is 13.0. The molecule has 1 aliphatic heterocycles. The van der Waals surface area contributed by atoms with Gasteiger partial charge in [-0.1, -0.05) is 18.2 Å². The van der Waals surface area contributed by atoms with Crippen molar-refractivity contribution in [3.8, 4) is 5.69 Å². The lowest BCUT2D eigenvalue weighted by Gasteiger charge is -2.41. The summed E-state index contributed by atoms with van der Waals surface area (Å²) < 4.78 is 32.7. The molecule has 1 fully saturated rings. The molecule has 1 saturated heterocycles. The Morgan fingerprint density at radius 2 is 1.73 bits per heavy atom. The van der Waals surface area contributed by atoms with Crippen LogP contribution in [-0.2, 0) is 21.2 Å². The minimum absolute atomic E-state index is 0.129. The summed E-state index contributed by atoms with van der Waals surface area (Å²) >= 11 is 0. The van der Waals surface area contributed by atoms with E-state index in [0.29, 0.717) is 29.9 Å². The van der Waals surface area contributed by atoms with Gasteiger partial charge in [-0.25, -0.2) is 13.2 Å². The van der Waals surface area contributed by atoms with Crippen LogP contribution in [0, 0.1) is 0 Å². The van der Waals surface area contributed by atoms with E-state index >= 15 is 0 Å². The van der Waals surface area contributed by atoms with Crippen molar-refractivity contribution in [1.82, 2.24) is 4.57 Å². The number of hydrogen-bond donors (Lipinski definition) is 1. The van der Waals surface area contributed by atoms with Gasteiger partial charge in [-0.05, 0) is 42.0 Å². The van der Waals surface area contributed by atoms with Crippen LogP contribution in [0.15, 0.2) is 71.9 Å². The highest BCUT2D eigenvalue weighted by molar-refractivity contribution is 7.92. The highest BCUT2D eigenvalue weighted by Gasteiger charge is 2.39. The van der Waals surface area contributed by atoms with Gasteiger partial charge in [0, 0.05) is 25.5 Å². The zero-order chi connectivity index (χ0) is 21.3. The topological polar surface area (TPSA) is 88.8 Å². The van der Waals surface area contributed by atoms with Gasteiger partial charge in [0.1, 0.15) is 5.25 Å². The first-order chi connectivity index (χ1) is 14.5. The number of carbonyl (C=O) groups is 1. The van der Waals surface area contributed by atoms with Crippen molar-refractivity contribution < 1.29 is 23.1 Å². The Morgan fingerprint density at radius 3 is 2.33 bits per heavy atom. The Hall–Kier alpha value is -3.10. The SMILES string of the molecule is COC(=O)c1cccc(N2CC(S(=O)(=O)c3ccc(CO)cc3)C2)c1-n1cccc1. The number of aliphatic hydroxyl groups is 1. The molecule has 0 radical (unpaired) electrons. The number of benzene rings is 2. The second kappa shape index (κ2) is 7.97. The van der Waals surface area contributed by atoms with Crippen LogP contribution < -0.4 is 4.90 Å². The third-order valence-corrected chi connectivity index (χ3v) is 7.45. The average Bonchev–Trinajstić information content (AvgIpc) is 3.26. The van der Waals surface area contributed by atoms with Crippen LogP contribution in [0.2, 0.25) is 0 Å². The van der Waals surface area contributed by atoms with E-state index < -0.39 is 21.1 Å². The zero-order valence-corrected chi connectivity index (χ0v) is 17.2. The van der Waals surface area contributed by atoms with Gasteiger partial charge in [0.2, 0.25) is 0 Å². The molecule has 2 aromatic carbocycles. The Balaban J connectivity index is 1.62. The molecule has 1 N–H and O–H groups in total. The highest BCUT2D eigenvalue weighted by Crippen LogP contribution is 2.34. The molecular weight excluding hydrogens is 404 g/mol. The standard InChI is InChI=1S/C22H22N2O5S/c1-29-22(26)19-5-4-6-20(21(19)23-11-2-3-12-23)24-13-18(14-24)30(27,28)17-9-7-16(15-25)8-10-17/h2-12,18,25H,13-15H2,1H3. The number of anilines is 1. The lowest BCUT2D eigenvalue weighted by atomic mass is 10.1. The first-order valence-electron chi connectivity index (χ1n) is 9.49. The highest BCUT2D eigenvalue weighted by atomic mass is 32.2. The van der Waals surface area contributed by atoms with E-state index in [2.05, 4.69) is 0 Å². The fraction of sp³-hybridized carbons (Fsp3) is 0.227. The molecule has 3 aromatic rings. The number of carbonyl (C=O) groups excluding carboxylic acids is 1. The second-order valence-corrected chi connectivity index (χ2v) is 9.36. The van der Waals surface area contributed by atoms with Gasteiger partial charge < -0.3 is 19.3 Å². The molecule has 0 atom stereocenters. The largest absolute Gasteiger partial charge is 0.465 e. The Labute approximate surface area is 175 Å². The van der Waals surface area contributed by atoms with Gasteiger partial charge in [0.15, 0.2) is 9.84 Å². The van der Waals surface area contributed by atoms with E-state index in [9.17, 15) is 13.2 Å². The molecule has 0 amide bonds. The van der Waals surface area contributed by atoms with Crippen molar-refractivity contribution in [2.75, 3.05) is 25.1 Å². The lowest BCUT2D eigenvalue weighted by Crippen LogP contribution is -2.55. The van der Waals surface area contributed by atoms with Crippen LogP contribution in [0.1, 0.15) is 15.9 Å². The van der Waals surface area contributed by atoms with Gasteiger partial charge in [0.25, 0.3) is 0 Å². The number of para-hydroxylation sites is 1. The van der Waals surface area contributed by atoms with E-state index in [4.69, 9.17) is 9.84 Å². The number of aromatic nitrogens is 1. The monoisotopic (exact) mass is 426 g/mol. The van der Waals surface area contributed by atoms with E-state index in [1.165, 1.54) is 19.2 Å². The molecule has 156 valence electrons. The smallest absolute Gasteiger partial charge is 0.340 e. The number of rotatable bonds is 6. The van der Waals surface area contributed by atoms with Crippen molar-refractivity contribution in [2.24, 2.45) is 0 Å². The van der Waals surface area contributed by atoms with Gasteiger partial charge in [-0.2, -0.15) is 0 Å². The minimum atomic E-state index is -3.49. The van der Waals surface area contributed by atoms with Crippen LogP contribution in [-0.4, -0.2) is 49.5 Å². The number of ether oxygens (including phenoxy) is 1. The molecule has 4 rings (SSSR count). The molecule has 8 heteroatoms. The molecule has 2 heterocycles. The van der Waals surface area contributed by atoms with Gasteiger partial charge in [-0.15, -0.1) is 0 Å². The van der Waals surface area contributed by atoms with E-state index in [-0.39, 0.29) is 11.5 Å². The predicted octanol–water partition coefficient (Wildman–Crippen LogP) is 2.42. The molecule has 0 aliphatic carbocycles. The molecule has 0 bridgehead atoms. The van der Waals surface area contributed by atoms with E-state index in [1.54, 1.807) is 24.3 Å². The summed E-state index contributed by atoms with van der Waals surface area (Å²) in [5, 5.41) is 8.61. The van der Waals surface area contributed by atoms with Gasteiger partial charge in [0.05, 0.1) is 35.6 Å².